The van der Waals surface area contributed by atoms with E-state index in [-0.39, 0.29) is 6.04 Å². The van der Waals surface area contributed by atoms with Gasteiger partial charge in [-0.25, -0.2) is 0 Å². The lowest BCUT2D eigenvalue weighted by atomic mass is 9.76. The minimum Gasteiger partial charge on any atom is -0.386 e. The Balaban J connectivity index is 1.64. The topological polar surface area (TPSA) is 41.5 Å². The molecule has 0 spiro atoms. The van der Waals surface area contributed by atoms with E-state index in [1.165, 1.54) is 192 Å². The second-order valence-corrected chi connectivity index (χ2v) is 17.2. The number of allylic oxidation sites excluding steroid dienone is 4. The van der Waals surface area contributed by atoms with Gasteiger partial charge < -0.3 is 5.32 Å². The van der Waals surface area contributed by atoms with E-state index in [0.717, 1.165) is 12.8 Å². The van der Waals surface area contributed by atoms with Crippen LogP contribution in [0.25, 0.3) is 0 Å². The van der Waals surface area contributed by atoms with Crippen molar-refractivity contribution in [3.63, 3.8) is 0 Å². The van der Waals surface area contributed by atoms with Gasteiger partial charge in [-0.05, 0) is 100 Å². The van der Waals surface area contributed by atoms with Gasteiger partial charge in [0.2, 0.25) is 0 Å². The van der Waals surface area contributed by atoms with Gasteiger partial charge in [-0.3, -0.25) is 0 Å². The van der Waals surface area contributed by atoms with Gasteiger partial charge in [0.15, 0.2) is 0 Å². The maximum Gasteiger partial charge on any atom is 0.0981 e. The Hall–Kier alpha value is -1.38. The third kappa shape index (κ3) is 21.2. The fourth-order valence-corrected chi connectivity index (χ4v) is 9.34. The maximum absolute atomic E-state index is 11.9. The molecule has 296 valence electrons. The Morgan fingerprint density at radius 1 is 0.667 bits per heavy atom. The van der Waals surface area contributed by atoms with Crippen molar-refractivity contribution in [2.75, 3.05) is 0 Å². The fraction of sp³-hybridized carbons (Fsp3) is 0.875. The number of hydrogen-bond donors (Lipinski definition) is 1. The van der Waals surface area contributed by atoms with Crippen molar-refractivity contribution in [1.82, 2.24) is 5.32 Å². The molecule has 0 heterocycles. The standard InChI is InChI=1S/C48H88N2O/c1-6-9-11-13-15-17-19-21-23-24-25-27-29-31-33-35-37-41(4)49-44(40-46-45-39-43(8-3)42(5)48(50-51)47(45)46)38-36-34-32-30-28-26-22-20-18-16-14-12-10-7-2/h23-24,34,36,42-49H,4,6-22,25-33,35,37-40H2,1-3,5H3/b24-23-,36-34+/t42?,43-,44?,45?,46?,47?,48?/m0/s1. The highest BCUT2D eigenvalue weighted by molar-refractivity contribution is 5.11. The fourth-order valence-electron chi connectivity index (χ4n) is 9.34. The maximum atomic E-state index is 11.9. The molecule has 6 unspecified atom stereocenters. The molecule has 0 radical (unpaired) electrons. The molecule has 1 N–H and O–H groups in total. The van der Waals surface area contributed by atoms with E-state index >= 15 is 0 Å². The molecule has 2 fully saturated rings. The van der Waals surface area contributed by atoms with Gasteiger partial charge in [-0.1, -0.05) is 192 Å². The average molecular weight is 709 g/mol. The first-order chi connectivity index (χ1) is 25.1. The number of nitrogens with one attached hydrogen (secondary N) is 1. The predicted octanol–water partition coefficient (Wildman–Crippen LogP) is 16.0. The highest BCUT2D eigenvalue weighted by atomic mass is 16.3. The number of rotatable bonds is 36. The minimum absolute atomic E-state index is 0.0275. The normalized spacial score (nSPS) is 23.5. The van der Waals surface area contributed by atoms with Crippen LogP contribution < -0.4 is 5.32 Å². The Kier molecular flexibility index (Phi) is 27.8. The van der Waals surface area contributed by atoms with E-state index in [1.807, 2.05) is 0 Å². The number of fused-ring (bicyclic) bond motifs is 1. The molecule has 0 aliphatic heterocycles. The molecule has 2 rings (SSSR count). The summed E-state index contributed by atoms with van der Waals surface area (Å²) in [7, 11) is 0. The summed E-state index contributed by atoms with van der Waals surface area (Å²) in [5.41, 5.74) is 1.22. The molecule has 3 nitrogen and oxygen atoms in total. The van der Waals surface area contributed by atoms with Crippen molar-refractivity contribution in [3.8, 4) is 0 Å². The zero-order valence-electron chi connectivity index (χ0n) is 34.8. The zero-order valence-corrected chi connectivity index (χ0v) is 34.8. The molecule has 2 saturated carbocycles. The summed E-state index contributed by atoms with van der Waals surface area (Å²) in [5, 5.41) is 7.61. The van der Waals surface area contributed by atoms with E-state index in [2.05, 4.69) is 69.1 Å². The van der Waals surface area contributed by atoms with Crippen molar-refractivity contribution in [2.45, 2.75) is 239 Å². The van der Waals surface area contributed by atoms with Crippen LogP contribution in [0.15, 0.2) is 41.8 Å². The SMILES string of the molecule is C=C(CCCCCCC/C=C\CCCCCCCCC)NC(C/C=C/CCCCCCCCCCCCC)CC1C2C[C@H](CC)C(C)C(N=O)C12. The lowest BCUT2D eigenvalue weighted by molar-refractivity contribution is 0.206. The molecule has 0 saturated heterocycles. The summed E-state index contributed by atoms with van der Waals surface area (Å²) >= 11 is 0. The molecular formula is C48H88N2O. The summed E-state index contributed by atoms with van der Waals surface area (Å²) in [4.78, 5) is 11.9. The Labute approximate surface area is 319 Å². The Bertz CT molecular complexity index is 894. The Morgan fingerprint density at radius 2 is 1.12 bits per heavy atom. The van der Waals surface area contributed by atoms with E-state index < -0.39 is 0 Å². The average Bonchev–Trinajstić information content (AvgIpc) is 3.81. The van der Waals surface area contributed by atoms with E-state index in [1.54, 1.807) is 0 Å². The van der Waals surface area contributed by atoms with Crippen molar-refractivity contribution in [3.05, 3.63) is 41.5 Å². The first-order valence-electron chi connectivity index (χ1n) is 23.1. The molecule has 0 aromatic heterocycles. The van der Waals surface area contributed by atoms with Crippen LogP contribution in [-0.4, -0.2) is 12.1 Å². The molecule has 0 aromatic rings. The first-order valence-corrected chi connectivity index (χ1v) is 23.1. The minimum atomic E-state index is 0.0275. The predicted molar refractivity (Wildman–Crippen MR) is 227 cm³/mol. The summed E-state index contributed by atoms with van der Waals surface area (Å²) in [6.45, 7) is 13.7. The smallest absolute Gasteiger partial charge is 0.0981 e. The van der Waals surface area contributed by atoms with E-state index in [9.17, 15) is 4.91 Å². The molecule has 3 heteroatoms. The highest BCUT2D eigenvalue weighted by Crippen LogP contribution is 2.61. The van der Waals surface area contributed by atoms with Gasteiger partial charge in [0.25, 0.3) is 0 Å². The van der Waals surface area contributed by atoms with Gasteiger partial charge in [0, 0.05) is 11.7 Å². The lowest BCUT2D eigenvalue weighted by Crippen LogP contribution is -2.31. The van der Waals surface area contributed by atoms with Gasteiger partial charge in [0.05, 0.1) is 6.04 Å². The monoisotopic (exact) mass is 709 g/mol. The highest BCUT2D eigenvalue weighted by Gasteiger charge is 2.60. The van der Waals surface area contributed by atoms with Crippen molar-refractivity contribution in [2.24, 2.45) is 34.8 Å². The lowest BCUT2D eigenvalue weighted by Gasteiger charge is -2.30. The van der Waals surface area contributed by atoms with Crippen molar-refractivity contribution in [1.29, 1.82) is 0 Å². The number of unbranched alkanes of at least 4 members (excludes halogenated alkanes) is 23. The van der Waals surface area contributed by atoms with Gasteiger partial charge in [0.1, 0.15) is 0 Å². The molecule has 0 aromatic carbocycles. The van der Waals surface area contributed by atoms with E-state index in [0.29, 0.717) is 35.6 Å². The van der Waals surface area contributed by atoms with E-state index in [4.69, 9.17) is 0 Å². The quantitative estimate of drug-likeness (QED) is 0.0400. The zero-order chi connectivity index (χ0) is 36.8. The number of nitrogens with zero attached hydrogens (tertiary/aromatic N) is 1. The van der Waals surface area contributed by atoms with Crippen LogP contribution in [0.3, 0.4) is 0 Å². The number of nitroso groups, excluding NO2 is 1. The van der Waals surface area contributed by atoms with Crippen molar-refractivity contribution < 1.29 is 0 Å². The summed E-state index contributed by atoms with van der Waals surface area (Å²) in [6.07, 6.45) is 51.1. The van der Waals surface area contributed by atoms with Crippen LogP contribution in [0.5, 0.6) is 0 Å². The Morgan fingerprint density at radius 3 is 1.59 bits per heavy atom. The third-order valence-corrected chi connectivity index (χ3v) is 12.8. The van der Waals surface area contributed by atoms with Gasteiger partial charge in [-0.15, -0.1) is 0 Å². The third-order valence-electron chi connectivity index (χ3n) is 12.8. The largest absolute Gasteiger partial charge is 0.386 e. The molecule has 51 heavy (non-hydrogen) atoms. The molecule has 7 atom stereocenters. The summed E-state index contributed by atoms with van der Waals surface area (Å²) in [5.74, 6) is 2.99. The van der Waals surface area contributed by atoms with Crippen LogP contribution in [0, 0.1) is 34.5 Å². The van der Waals surface area contributed by atoms with Crippen molar-refractivity contribution >= 4 is 0 Å². The second kappa shape index (κ2) is 31.0. The first kappa shape index (κ1) is 45.8. The van der Waals surface area contributed by atoms with Crippen LogP contribution in [-0.2, 0) is 0 Å². The molecular weight excluding hydrogens is 621 g/mol. The van der Waals surface area contributed by atoms with Crippen LogP contribution in [0.2, 0.25) is 0 Å². The summed E-state index contributed by atoms with van der Waals surface area (Å²) < 4.78 is 0. The molecule has 0 amide bonds. The van der Waals surface area contributed by atoms with Crippen LogP contribution in [0.1, 0.15) is 227 Å². The molecule has 0 bridgehead atoms. The second-order valence-electron chi connectivity index (χ2n) is 17.2. The number of hydrogen-bond acceptors (Lipinski definition) is 3. The van der Waals surface area contributed by atoms with Gasteiger partial charge >= 0.3 is 0 Å². The molecule has 2 aliphatic rings. The van der Waals surface area contributed by atoms with Crippen LogP contribution in [0.4, 0.5) is 0 Å². The van der Waals surface area contributed by atoms with Gasteiger partial charge in [-0.2, -0.15) is 4.91 Å². The summed E-state index contributed by atoms with van der Waals surface area (Å²) in [6, 6.07) is 0.456. The molecule has 2 aliphatic carbocycles. The van der Waals surface area contributed by atoms with Crippen LogP contribution >= 0.6 is 0 Å².